The van der Waals surface area contributed by atoms with Crippen molar-refractivity contribution in [3.63, 3.8) is 0 Å². The molecule has 2 aromatic heterocycles. The molecule has 0 spiro atoms. The van der Waals surface area contributed by atoms with E-state index in [0.29, 0.717) is 89.4 Å². The van der Waals surface area contributed by atoms with Gasteiger partial charge in [0.1, 0.15) is 23.3 Å². The van der Waals surface area contributed by atoms with E-state index in [9.17, 15) is 17.6 Å². The monoisotopic (exact) mass is 1080 g/mol. The van der Waals surface area contributed by atoms with Gasteiger partial charge >= 0.3 is 21.1 Å². The summed E-state index contributed by atoms with van der Waals surface area (Å²) >= 11 is 0. The molecule has 0 amide bonds. The van der Waals surface area contributed by atoms with Gasteiger partial charge in [-0.1, -0.05) is 146 Å². The van der Waals surface area contributed by atoms with Crippen LogP contribution in [-0.2, 0) is 21.1 Å². The zero-order valence-electron chi connectivity index (χ0n) is 36.1. The number of nitrogens with zero attached hydrogens (tertiary/aromatic N) is 4. The summed E-state index contributed by atoms with van der Waals surface area (Å²) < 4.78 is 59.8. The third kappa shape index (κ3) is 6.77. The fraction of sp³-hybridized carbons (Fsp3) is 0. The Kier molecular flexibility index (Phi) is 10.1. The van der Waals surface area contributed by atoms with E-state index < -0.39 is 23.3 Å². The Morgan fingerprint density at radius 2 is 0.464 bits per heavy atom. The summed E-state index contributed by atoms with van der Waals surface area (Å²) in [7, 11) is 0. The summed E-state index contributed by atoms with van der Waals surface area (Å²) in [5.74, 6) is -1.57. The number of halogens is 4. The minimum absolute atomic E-state index is 0. The minimum Gasteiger partial charge on any atom is -0.656 e. The maximum Gasteiger partial charge on any atom is 2.00 e. The van der Waals surface area contributed by atoms with E-state index in [2.05, 4.69) is 0 Å². The molecule has 13 rings (SSSR count). The predicted octanol–water partition coefficient (Wildman–Crippen LogP) is 15.8. The molecule has 0 N–H and O–H groups in total. The van der Waals surface area contributed by atoms with Gasteiger partial charge in [0.05, 0.1) is 22.8 Å². The van der Waals surface area contributed by atoms with Gasteiger partial charge in [0.15, 0.2) is 0 Å². The number of benzene rings is 8. The summed E-state index contributed by atoms with van der Waals surface area (Å²) in [4.78, 5) is 22.6. The van der Waals surface area contributed by atoms with Crippen LogP contribution in [0.1, 0.15) is 0 Å². The molecule has 2 aliphatic heterocycles. The molecular weight excluding hydrogens is 1050 g/mol. The fourth-order valence-electron chi connectivity index (χ4n) is 10.0. The smallest absolute Gasteiger partial charge is 0.656 e. The fourth-order valence-corrected chi connectivity index (χ4v) is 10.0. The molecule has 4 nitrogen and oxygen atoms in total. The molecule has 0 atom stereocenters. The van der Waals surface area contributed by atoms with E-state index in [-0.39, 0.29) is 21.1 Å². The van der Waals surface area contributed by atoms with E-state index in [0.717, 1.165) is 43.8 Å². The SMILES string of the molecule is Fc1ccc(-c2c3nc(c(-c4ccc(F)cc4)c4[n-]c(c(-c5ccc(F)cc5)c5nc(c(-c6ccc(F)cc6)c6[n-]c2c2ccccc62)-c2ccccc2-5)c2ccccc42)-c2ccccc2-3)cc1.[Pt+2]. The normalized spacial score (nSPS) is 11.7. The van der Waals surface area contributed by atoms with Crippen LogP contribution in [0.2, 0.25) is 0 Å². The number of rotatable bonds is 4. The maximum atomic E-state index is 14.9. The molecule has 8 bridgehead atoms. The Morgan fingerprint density at radius 1 is 0.261 bits per heavy atom. The molecule has 3 aliphatic rings. The van der Waals surface area contributed by atoms with Crippen LogP contribution in [0.25, 0.3) is 133 Å². The Bertz CT molecular complexity index is 3530. The maximum absolute atomic E-state index is 14.9. The summed E-state index contributed by atoms with van der Waals surface area (Å²) in [6.07, 6.45) is 0. The first-order valence-corrected chi connectivity index (χ1v) is 22.1. The van der Waals surface area contributed by atoms with Crippen molar-refractivity contribution in [3.05, 3.63) is 217 Å². The van der Waals surface area contributed by atoms with Gasteiger partial charge in [-0.2, -0.15) is 0 Å². The van der Waals surface area contributed by atoms with Gasteiger partial charge in [-0.15, -0.1) is 22.1 Å². The topological polar surface area (TPSA) is 54.0 Å². The Morgan fingerprint density at radius 3 is 0.681 bits per heavy atom. The van der Waals surface area contributed by atoms with Crippen molar-refractivity contribution < 1.29 is 38.6 Å². The second-order valence-electron chi connectivity index (χ2n) is 16.9. The molecule has 330 valence electrons. The summed E-state index contributed by atoms with van der Waals surface area (Å²) in [5.41, 5.74) is 13.4. The quantitative estimate of drug-likeness (QED) is 0.165. The minimum atomic E-state index is -0.393. The molecule has 9 heteroatoms. The Balaban J connectivity index is 0.00000492. The largest absolute Gasteiger partial charge is 2.00 e. The van der Waals surface area contributed by atoms with Crippen LogP contribution >= 0.6 is 0 Å². The first-order valence-electron chi connectivity index (χ1n) is 22.1. The van der Waals surface area contributed by atoms with Gasteiger partial charge in [-0.05, 0) is 115 Å². The van der Waals surface area contributed by atoms with Gasteiger partial charge in [0, 0.05) is 22.3 Å². The van der Waals surface area contributed by atoms with Crippen molar-refractivity contribution >= 4 is 43.6 Å². The molecule has 1 aliphatic carbocycles. The Hall–Kier alpha value is -8.19. The van der Waals surface area contributed by atoms with E-state index in [1.807, 2.05) is 97.1 Å². The van der Waals surface area contributed by atoms with Crippen molar-refractivity contribution in [2.24, 2.45) is 0 Å². The second-order valence-corrected chi connectivity index (χ2v) is 16.9. The van der Waals surface area contributed by atoms with Crippen molar-refractivity contribution in [1.82, 2.24) is 19.9 Å². The molecule has 0 saturated heterocycles. The van der Waals surface area contributed by atoms with Crippen LogP contribution in [-0.4, -0.2) is 9.97 Å². The van der Waals surface area contributed by atoms with Crippen LogP contribution in [0.5, 0.6) is 0 Å². The van der Waals surface area contributed by atoms with E-state index >= 15 is 0 Å². The summed E-state index contributed by atoms with van der Waals surface area (Å²) in [5, 5.41) is 3.24. The average Bonchev–Trinajstić information content (AvgIpc) is 4.14. The first-order chi connectivity index (χ1) is 33.4. The van der Waals surface area contributed by atoms with Gasteiger partial charge in [-0.3, -0.25) is 0 Å². The van der Waals surface area contributed by atoms with Crippen LogP contribution in [0.15, 0.2) is 194 Å². The molecule has 10 aromatic rings. The number of hydrogen-bond acceptors (Lipinski definition) is 2. The molecule has 0 unspecified atom stereocenters. The molecule has 69 heavy (non-hydrogen) atoms. The number of aromatic nitrogens is 4. The van der Waals surface area contributed by atoms with Crippen molar-refractivity contribution in [3.8, 4) is 89.5 Å². The first kappa shape index (κ1) is 42.2. The molecule has 4 heterocycles. The van der Waals surface area contributed by atoms with Crippen LogP contribution in [0, 0.1) is 23.3 Å². The van der Waals surface area contributed by atoms with Crippen molar-refractivity contribution in [2.75, 3.05) is 0 Å². The third-order valence-corrected chi connectivity index (χ3v) is 13.1. The van der Waals surface area contributed by atoms with Gasteiger partial charge < -0.3 is 9.97 Å². The van der Waals surface area contributed by atoms with Gasteiger partial charge in [0.2, 0.25) is 0 Å². The standard InChI is InChI=1S/C60H32F4N4.Pt/c61-37-25-17-33(18-26-37)49-53-41-9-1-2-10-42(41)54(65-53)50(34-19-27-38(62)28-20-34)56-45-13-5-6-14-46(45)58(67-56)52(36-23-31-40(64)32-24-36)60-48-16-8-7-15-47(48)59(68-60)51(35-21-29-39(63)30-22-35)57-44-12-4-3-11-43(44)55(49)66-57;/h1-32H;/q-2;+2. The summed E-state index contributed by atoms with van der Waals surface area (Å²) in [6, 6.07) is 57.3. The number of hydrogen-bond donors (Lipinski definition) is 0. The van der Waals surface area contributed by atoms with Crippen LogP contribution in [0.4, 0.5) is 17.6 Å². The van der Waals surface area contributed by atoms with Crippen molar-refractivity contribution in [2.45, 2.75) is 0 Å². The zero-order chi connectivity index (χ0) is 45.6. The van der Waals surface area contributed by atoms with Crippen LogP contribution in [0.3, 0.4) is 0 Å². The molecule has 0 fully saturated rings. The predicted molar refractivity (Wildman–Crippen MR) is 264 cm³/mol. The van der Waals surface area contributed by atoms with Gasteiger partial charge in [-0.25, -0.2) is 27.5 Å². The van der Waals surface area contributed by atoms with E-state index in [4.69, 9.17) is 19.9 Å². The molecule has 0 saturated carbocycles. The second kappa shape index (κ2) is 16.5. The third-order valence-electron chi connectivity index (χ3n) is 13.1. The van der Waals surface area contributed by atoms with E-state index in [1.165, 1.54) is 48.5 Å². The molecular formula is C60H32F4N4Pt. The zero-order valence-corrected chi connectivity index (χ0v) is 38.4. The van der Waals surface area contributed by atoms with Gasteiger partial charge in [0.25, 0.3) is 0 Å². The van der Waals surface area contributed by atoms with Crippen LogP contribution < -0.4 is 9.97 Å². The average molecular weight is 1080 g/mol. The molecule has 0 radical (unpaired) electrons. The summed E-state index contributed by atoms with van der Waals surface area (Å²) in [6.45, 7) is 0. The molecule has 8 aromatic carbocycles. The van der Waals surface area contributed by atoms with Crippen molar-refractivity contribution in [1.29, 1.82) is 0 Å². The Labute approximate surface area is 406 Å². The van der Waals surface area contributed by atoms with E-state index in [1.54, 1.807) is 48.5 Å².